The van der Waals surface area contributed by atoms with Crippen LogP contribution in [0.2, 0.25) is 0 Å². The van der Waals surface area contributed by atoms with Crippen molar-refractivity contribution >= 4 is 0 Å². The number of rotatable bonds is 6. The summed E-state index contributed by atoms with van der Waals surface area (Å²) in [6.45, 7) is 11.0. The van der Waals surface area contributed by atoms with Crippen molar-refractivity contribution in [1.29, 1.82) is 0 Å². The molecule has 1 unspecified atom stereocenters. The van der Waals surface area contributed by atoms with Gasteiger partial charge in [0, 0.05) is 32.2 Å². The van der Waals surface area contributed by atoms with Crippen LogP contribution in [-0.2, 0) is 4.74 Å². The molecule has 1 heterocycles. The van der Waals surface area contributed by atoms with Gasteiger partial charge >= 0.3 is 0 Å². The average Bonchev–Trinajstić information content (AvgIpc) is 2.27. The molecule has 0 saturated carbocycles. The zero-order chi connectivity index (χ0) is 11.1. The minimum Gasteiger partial charge on any atom is -0.379 e. The van der Waals surface area contributed by atoms with Crippen molar-refractivity contribution in [2.45, 2.75) is 32.7 Å². The number of hydrogen-bond donors (Lipinski definition) is 0. The Morgan fingerprint density at radius 2 is 2.00 bits per heavy atom. The highest BCUT2D eigenvalue weighted by Gasteiger charge is 2.12. The van der Waals surface area contributed by atoms with Crippen LogP contribution in [0.1, 0.15) is 26.7 Å². The van der Waals surface area contributed by atoms with Gasteiger partial charge in [-0.15, -0.1) is 0 Å². The quantitative estimate of drug-likeness (QED) is 0.665. The number of hydrogen-bond acceptors (Lipinski definition) is 3. The van der Waals surface area contributed by atoms with Gasteiger partial charge in [0.15, 0.2) is 0 Å². The molecule has 0 amide bonds. The number of morpholine rings is 1. The summed E-state index contributed by atoms with van der Waals surface area (Å²) in [4.78, 5) is 4.97. The predicted molar refractivity (Wildman–Crippen MR) is 64.3 cm³/mol. The van der Waals surface area contributed by atoms with E-state index in [1.165, 1.54) is 25.9 Å². The van der Waals surface area contributed by atoms with E-state index in [0.29, 0.717) is 0 Å². The molecule has 1 saturated heterocycles. The van der Waals surface area contributed by atoms with Gasteiger partial charge in [0.25, 0.3) is 0 Å². The summed E-state index contributed by atoms with van der Waals surface area (Å²) < 4.78 is 5.34. The van der Waals surface area contributed by atoms with Crippen LogP contribution in [0.4, 0.5) is 0 Å². The summed E-state index contributed by atoms with van der Waals surface area (Å²) in [6.07, 6.45) is 2.59. The lowest BCUT2D eigenvalue weighted by molar-refractivity contribution is 0.0328. The second kappa shape index (κ2) is 7.20. The maximum Gasteiger partial charge on any atom is 0.0594 e. The summed E-state index contributed by atoms with van der Waals surface area (Å²) in [6, 6.07) is 0.719. The minimum atomic E-state index is 0.719. The molecule has 1 fully saturated rings. The van der Waals surface area contributed by atoms with Crippen LogP contribution in [0.5, 0.6) is 0 Å². The summed E-state index contributed by atoms with van der Waals surface area (Å²) in [5.41, 5.74) is 0. The first-order valence-corrected chi connectivity index (χ1v) is 6.24. The van der Waals surface area contributed by atoms with Crippen LogP contribution in [0.3, 0.4) is 0 Å². The molecule has 1 aliphatic rings. The van der Waals surface area contributed by atoms with Crippen LogP contribution in [-0.4, -0.2) is 62.3 Å². The molecule has 1 atom stereocenters. The molecule has 0 bridgehead atoms. The van der Waals surface area contributed by atoms with Gasteiger partial charge in [-0.2, -0.15) is 0 Å². The first-order chi connectivity index (χ1) is 7.24. The Kier molecular flexibility index (Phi) is 6.22. The zero-order valence-corrected chi connectivity index (χ0v) is 10.5. The van der Waals surface area contributed by atoms with Crippen LogP contribution in [0.15, 0.2) is 0 Å². The fraction of sp³-hybridized carbons (Fsp3) is 1.00. The van der Waals surface area contributed by atoms with Crippen molar-refractivity contribution in [2.24, 2.45) is 0 Å². The van der Waals surface area contributed by atoms with E-state index in [0.717, 1.165) is 32.3 Å². The van der Waals surface area contributed by atoms with E-state index < -0.39 is 0 Å². The van der Waals surface area contributed by atoms with E-state index in [1.807, 2.05) is 0 Å². The van der Waals surface area contributed by atoms with Crippen molar-refractivity contribution in [3.63, 3.8) is 0 Å². The lowest BCUT2D eigenvalue weighted by atomic mass is 10.2. The highest BCUT2D eigenvalue weighted by Crippen LogP contribution is 2.04. The third-order valence-electron chi connectivity index (χ3n) is 3.33. The maximum atomic E-state index is 5.34. The Morgan fingerprint density at radius 3 is 2.60 bits per heavy atom. The van der Waals surface area contributed by atoms with Gasteiger partial charge in [-0.3, -0.25) is 4.90 Å². The molecule has 0 aliphatic carbocycles. The first kappa shape index (κ1) is 12.9. The van der Waals surface area contributed by atoms with Crippen LogP contribution >= 0.6 is 0 Å². The van der Waals surface area contributed by atoms with Crippen molar-refractivity contribution in [1.82, 2.24) is 9.80 Å². The maximum absolute atomic E-state index is 5.34. The Bertz CT molecular complexity index is 158. The molecular formula is C12H26N2O. The second-order valence-corrected chi connectivity index (χ2v) is 4.57. The van der Waals surface area contributed by atoms with Crippen molar-refractivity contribution in [3.8, 4) is 0 Å². The summed E-state index contributed by atoms with van der Waals surface area (Å²) in [7, 11) is 2.24. The topological polar surface area (TPSA) is 15.7 Å². The third kappa shape index (κ3) is 4.96. The minimum absolute atomic E-state index is 0.719. The molecule has 0 radical (unpaired) electrons. The molecule has 1 aliphatic heterocycles. The van der Waals surface area contributed by atoms with Gasteiger partial charge in [0.2, 0.25) is 0 Å². The Labute approximate surface area is 94.4 Å². The molecule has 1 rings (SSSR count). The SMILES string of the molecule is CCCC(C)N(C)CCN1CCOCC1. The Hall–Kier alpha value is -0.120. The summed E-state index contributed by atoms with van der Waals surface area (Å²) in [5.74, 6) is 0. The van der Waals surface area contributed by atoms with Crippen LogP contribution in [0.25, 0.3) is 0 Å². The number of likely N-dealkylation sites (N-methyl/N-ethyl adjacent to an activating group) is 1. The highest BCUT2D eigenvalue weighted by molar-refractivity contribution is 4.67. The van der Waals surface area contributed by atoms with E-state index in [9.17, 15) is 0 Å². The molecule has 0 aromatic rings. The smallest absolute Gasteiger partial charge is 0.0594 e. The number of nitrogens with zero attached hydrogens (tertiary/aromatic N) is 2. The fourth-order valence-electron chi connectivity index (χ4n) is 1.98. The molecule has 15 heavy (non-hydrogen) atoms. The van der Waals surface area contributed by atoms with Crippen LogP contribution < -0.4 is 0 Å². The molecular weight excluding hydrogens is 188 g/mol. The highest BCUT2D eigenvalue weighted by atomic mass is 16.5. The van der Waals surface area contributed by atoms with Gasteiger partial charge in [-0.1, -0.05) is 13.3 Å². The lowest BCUT2D eigenvalue weighted by Gasteiger charge is -2.30. The van der Waals surface area contributed by atoms with E-state index in [1.54, 1.807) is 0 Å². The van der Waals surface area contributed by atoms with Gasteiger partial charge in [0.05, 0.1) is 13.2 Å². The van der Waals surface area contributed by atoms with E-state index in [-0.39, 0.29) is 0 Å². The molecule has 3 nitrogen and oxygen atoms in total. The van der Waals surface area contributed by atoms with Gasteiger partial charge in [0.1, 0.15) is 0 Å². The fourth-order valence-corrected chi connectivity index (χ4v) is 1.98. The van der Waals surface area contributed by atoms with Crippen molar-refractivity contribution in [3.05, 3.63) is 0 Å². The van der Waals surface area contributed by atoms with E-state index in [2.05, 4.69) is 30.7 Å². The number of ether oxygens (including phenoxy) is 1. The monoisotopic (exact) mass is 214 g/mol. The average molecular weight is 214 g/mol. The third-order valence-corrected chi connectivity index (χ3v) is 3.33. The molecule has 0 N–H and O–H groups in total. The van der Waals surface area contributed by atoms with Gasteiger partial charge < -0.3 is 9.64 Å². The largest absolute Gasteiger partial charge is 0.379 e. The molecule has 0 aromatic carbocycles. The van der Waals surface area contributed by atoms with E-state index >= 15 is 0 Å². The molecule has 0 aromatic heterocycles. The van der Waals surface area contributed by atoms with E-state index in [4.69, 9.17) is 4.74 Å². The molecule has 90 valence electrons. The summed E-state index contributed by atoms with van der Waals surface area (Å²) >= 11 is 0. The zero-order valence-electron chi connectivity index (χ0n) is 10.5. The standard InChI is InChI=1S/C12H26N2O/c1-4-5-12(2)13(3)6-7-14-8-10-15-11-9-14/h12H,4-11H2,1-3H3. The van der Waals surface area contributed by atoms with Crippen molar-refractivity contribution < 1.29 is 4.74 Å². The first-order valence-electron chi connectivity index (χ1n) is 6.24. The molecule has 3 heteroatoms. The van der Waals surface area contributed by atoms with Gasteiger partial charge in [-0.25, -0.2) is 0 Å². The van der Waals surface area contributed by atoms with Gasteiger partial charge in [-0.05, 0) is 20.4 Å². The Balaban J connectivity index is 2.11. The van der Waals surface area contributed by atoms with Crippen molar-refractivity contribution in [2.75, 3.05) is 46.4 Å². The lowest BCUT2D eigenvalue weighted by Crippen LogP contribution is -2.42. The normalized spacial score (nSPS) is 20.8. The Morgan fingerprint density at radius 1 is 1.33 bits per heavy atom. The van der Waals surface area contributed by atoms with Crippen LogP contribution in [0, 0.1) is 0 Å². The second-order valence-electron chi connectivity index (χ2n) is 4.57. The molecule has 0 spiro atoms. The predicted octanol–water partition coefficient (Wildman–Crippen LogP) is 1.44. The summed E-state index contributed by atoms with van der Waals surface area (Å²) in [5, 5.41) is 0.